The number of para-hydroxylation sites is 1. The Kier molecular flexibility index (Phi) is 4.93. The molecule has 0 aromatic heterocycles. The zero-order chi connectivity index (χ0) is 15.9. The molecule has 5 heteroatoms. The summed E-state index contributed by atoms with van der Waals surface area (Å²) in [6, 6.07) is 16.9. The maximum absolute atomic E-state index is 11.7. The van der Waals surface area contributed by atoms with Crippen molar-refractivity contribution >= 4 is 28.9 Å². The highest BCUT2D eigenvalue weighted by Gasteiger charge is 2.10. The first-order valence-electron chi connectivity index (χ1n) is 6.67. The summed E-state index contributed by atoms with van der Waals surface area (Å²) in [6.45, 7) is 3.33. The predicted molar refractivity (Wildman–Crippen MR) is 86.2 cm³/mol. The van der Waals surface area contributed by atoms with Crippen LogP contribution in [0.3, 0.4) is 0 Å². The molecule has 0 spiro atoms. The fourth-order valence-electron chi connectivity index (χ4n) is 1.80. The molecule has 0 bridgehead atoms. The van der Waals surface area contributed by atoms with Gasteiger partial charge in [0.2, 0.25) is 5.91 Å². The number of aliphatic carboxylic acids is 1. The van der Waals surface area contributed by atoms with E-state index in [1.165, 1.54) is 0 Å². The number of rotatable bonds is 6. The molecule has 2 rings (SSSR count). The van der Waals surface area contributed by atoms with Gasteiger partial charge in [0.25, 0.3) is 0 Å². The molecule has 5 nitrogen and oxygen atoms in total. The average molecular weight is 296 g/mol. The van der Waals surface area contributed by atoms with Crippen LogP contribution in [-0.4, -0.2) is 17.0 Å². The summed E-state index contributed by atoms with van der Waals surface area (Å²) in [6.07, 6.45) is -0.237. The lowest BCUT2D eigenvalue weighted by Gasteiger charge is -2.08. The van der Waals surface area contributed by atoms with Gasteiger partial charge >= 0.3 is 5.97 Å². The summed E-state index contributed by atoms with van der Waals surface area (Å²) in [5.74, 6) is -1.58. The Morgan fingerprint density at radius 1 is 0.909 bits per heavy atom. The van der Waals surface area contributed by atoms with Crippen LogP contribution in [0.15, 0.2) is 66.7 Å². The van der Waals surface area contributed by atoms with Crippen LogP contribution in [0, 0.1) is 0 Å². The minimum absolute atomic E-state index is 0.139. The van der Waals surface area contributed by atoms with Crippen molar-refractivity contribution in [3.63, 3.8) is 0 Å². The van der Waals surface area contributed by atoms with Gasteiger partial charge in [0.15, 0.2) is 0 Å². The largest absolute Gasteiger partial charge is 0.478 e. The molecule has 22 heavy (non-hydrogen) atoms. The normalized spacial score (nSPS) is 9.82. The van der Waals surface area contributed by atoms with Crippen molar-refractivity contribution in [2.24, 2.45) is 0 Å². The lowest BCUT2D eigenvalue weighted by atomic mass is 10.2. The number of hydrogen-bond donors (Lipinski definition) is 3. The molecule has 0 saturated heterocycles. The van der Waals surface area contributed by atoms with Crippen LogP contribution in [-0.2, 0) is 9.59 Å². The van der Waals surface area contributed by atoms with Crippen molar-refractivity contribution in [3.05, 3.63) is 66.7 Å². The molecular formula is C17H16N2O3. The highest BCUT2D eigenvalue weighted by atomic mass is 16.4. The summed E-state index contributed by atoms with van der Waals surface area (Å²) >= 11 is 0. The smallest absolute Gasteiger partial charge is 0.331 e. The fraction of sp³-hybridized carbons (Fsp3) is 0.0588. The summed E-state index contributed by atoms with van der Waals surface area (Å²) < 4.78 is 0. The Bertz CT molecular complexity index is 679. The van der Waals surface area contributed by atoms with E-state index in [9.17, 15) is 9.59 Å². The van der Waals surface area contributed by atoms with E-state index in [-0.39, 0.29) is 12.0 Å². The molecule has 0 fully saturated rings. The van der Waals surface area contributed by atoms with Gasteiger partial charge < -0.3 is 15.7 Å². The lowest BCUT2D eigenvalue weighted by molar-refractivity contribution is -0.133. The van der Waals surface area contributed by atoms with Crippen LogP contribution in [0.2, 0.25) is 0 Å². The van der Waals surface area contributed by atoms with E-state index < -0.39 is 11.9 Å². The van der Waals surface area contributed by atoms with Gasteiger partial charge in [-0.2, -0.15) is 0 Å². The number of hydrogen-bond acceptors (Lipinski definition) is 3. The van der Waals surface area contributed by atoms with E-state index in [1.54, 1.807) is 12.1 Å². The maximum Gasteiger partial charge on any atom is 0.331 e. The van der Waals surface area contributed by atoms with Gasteiger partial charge in [-0.15, -0.1) is 0 Å². The molecule has 0 radical (unpaired) electrons. The fourth-order valence-corrected chi connectivity index (χ4v) is 1.80. The number of carboxylic acid groups (broad SMARTS) is 1. The lowest BCUT2D eigenvalue weighted by Crippen LogP contribution is -2.14. The van der Waals surface area contributed by atoms with E-state index in [2.05, 4.69) is 17.2 Å². The van der Waals surface area contributed by atoms with Gasteiger partial charge in [0, 0.05) is 22.6 Å². The molecule has 0 atom stereocenters. The van der Waals surface area contributed by atoms with Gasteiger partial charge in [-0.3, -0.25) is 4.79 Å². The van der Waals surface area contributed by atoms with E-state index >= 15 is 0 Å². The highest BCUT2D eigenvalue weighted by Crippen LogP contribution is 2.18. The second-order valence-corrected chi connectivity index (χ2v) is 4.70. The molecule has 0 saturated carbocycles. The Morgan fingerprint density at radius 3 is 2.05 bits per heavy atom. The van der Waals surface area contributed by atoms with Gasteiger partial charge in [-0.1, -0.05) is 24.8 Å². The Labute approximate surface area is 128 Å². The second kappa shape index (κ2) is 7.08. The molecule has 0 heterocycles. The van der Waals surface area contributed by atoms with E-state index in [1.807, 2.05) is 42.5 Å². The third-order valence-corrected chi connectivity index (χ3v) is 2.91. The molecule has 0 aliphatic rings. The van der Waals surface area contributed by atoms with Crippen LogP contribution in [0.25, 0.3) is 0 Å². The molecule has 3 N–H and O–H groups in total. The third kappa shape index (κ3) is 4.49. The van der Waals surface area contributed by atoms with Crippen molar-refractivity contribution in [1.82, 2.24) is 0 Å². The SMILES string of the molecule is C=C(CC(=O)Nc1ccc(Nc2ccccc2)cc1)C(=O)O. The number of amides is 1. The summed E-state index contributed by atoms with van der Waals surface area (Å²) in [4.78, 5) is 22.3. The summed E-state index contributed by atoms with van der Waals surface area (Å²) in [5.41, 5.74) is 2.32. The highest BCUT2D eigenvalue weighted by molar-refractivity contribution is 5.99. The molecule has 112 valence electrons. The molecule has 0 aliphatic carbocycles. The maximum atomic E-state index is 11.7. The number of benzene rings is 2. The minimum atomic E-state index is -1.17. The van der Waals surface area contributed by atoms with Crippen LogP contribution in [0.5, 0.6) is 0 Å². The van der Waals surface area contributed by atoms with Gasteiger partial charge in [0.05, 0.1) is 6.42 Å². The van der Waals surface area contributed by atoms with Crippen molar-refractivity contribution in [2.75, 3.05) is 10.6 Å². The standard InChI is InChI=1S/C17H16N2O3/c1-12(17(21)22)11-16(20)19-15-9-7-14(8-10-15)18-13-5-3-2-4-6-13/h2-10,18H,1,11H2,(H,19,20)(H,21,22). The van der Waals surface area contributed by atoms with Crippen LogP contribution in [0.1, 0.15) is 6.42 Å². The van der Waals surface area contributed by atoms with Gasteiger partial charge in [-0.05, 0) is 36.4 Å². The topological polar surface area (TPSA) is 78.4 Å². The number of carbonyl (C=O) groups is 2. The molecule has 0 unspecified atom stereocenters. The van der Waals surface area contributed by atoms with Gasteiger partial charge in [-0.25, -0.2) is 4.79 Å². The molecule has 1 amide bonds. The first-order chi connectivity index (χ1) is 10.5. The van der Waals surface area contributed by atoms with E-state index in [0.29, 0.717) is 5.69 Å². The van der Waals surface area contributed by atoms with Crippen LogP contribution < -0.4 is 10.6 Å². The van der Waals surface area contributed by atoms with Crippen LogP contribution >= 0.6 is 0 Å². The van der Waals surface area contributed by atoms with Crippen molar-refractivity contribution in [3.8, 4) is 0 Å². The predicted octanol–water partition coefficient (Wildman–Crippen LogP) is 3.40. The molecule has 2 aromatic rings. The van der Waals surface area contributed by atoms with Crippen molar-refractivity contribution < 1.29 is 14.7 Å². The van der Waals surface area contributed by atoms with Crippen molar-refractivity contribution in [1.29, 1.82) is 0 Å². The first kappa shape index (κ1) is 15.3. The van der Waals surface area contributed by atoms with Crippen molar-refractivity contribution in [2.45, 2.75) is 6.42 Å². The number of carboxylic acids is 1. The average Bonchev–Trinajstić information content (AvgIpc) is 2.50. The summed E-state index contributed by atoms with van der Waals surface area (Å²) in [5, 5.41) is 14.5. The molecular weight excluding hydrogens is 280 g/mol. The minimum Gasteiger partial charge on any atom is -0.478 e. The Hall–Kier alpha value is -3.08. The Balaban J connectivity index is 1.93. The number of nitrogens with one attached hydrogen (secondary N) is 2. The number of carbonyl (C=O) groups excluding carboxylic acids is 1. The quantitative estimate of drug-likeness (QED) is 0.714. The van der Waals surface area contributed by atoms with E-state index in [0.717, 1.165) is 11.4 Å². The number of anilines is 3. The van der Waals surface area contributed by atoms with Crippen LogP contribution in [0.4, 0.5) is 17.1 Å². The third-order valence-electron chi connectivity index (χ3n) is 2.91. The van der Waals surface area contributed by atoms with E-state index in [4.69, 9.17) is 5.11 Å². The molecule has 0 aliphatic heterocycles. The monoisotopic (exact) mass is 296 g/mol. The zero-order valence-electron chi connectivity index (χ0n) is 11.9. The summed E-state index contributed by atoms with van der Waals surface area (Å²) in [7, 11) is 0. The first-order valence-corrected chi connectivity index (χ1v) is 6.67. The second-order valence-electron chi connectivity index (χ2n) is 4.70. The van der Waals surface area contributed by atoms with Gasteiger partial charge in [0.1, 0.15) is 0 Å². The zero-order valence-corrected chi connectivity index (χ0v) is 11.9. The Morgan fingerprint density at radius 2 is 1.45 bits per heavy atom. The molecule has 2 aromatic carbocycles.